The summed E-state index contributed by atoms with van der Waals surface area (Å²) in [5, 5.41) is 7.96. The lowest BCUT2D eigenvalue weighted by Crippen LogP contribution is -2.65. The summed E-state index contributed by atoms with van der Waals surface area (Å²) < 4.78 is 6.49. The Hall–Kier alpha value is -2.87. The van der Waals surface area contributed by atoms with Crippen molar-refractivity contribution in [3.63, 3.8) is 0 Å². The van der Waals surface area contributed by atoms with Gasteiger partial charge in [0.25, 0.3) is 5.91 Å². The van der Waals surface area contributed by atoms with Gasteiger partial charge in [-0.2, -0.15) is 5.10 Å². The first-order valence-electron chi connectivity index (χ1n) is 12.4. The summed E-state index contributed by atoms with van der Waals surface area (Å²) in [4.78, 5) is 41.3. The third-order valence-electron chi connectivity index (χ3n) is 6.32. The van der Waals surface area contributed by atoms with Gasteiger partial charge in [-0.1, -0.05) is 57.2 Å². The van der Waals surface area contributed by atoms with Crippen molar-refractivity contribution in [2.45, 2.75) is 84.3 Å². The highest BCUT2D eigenvalue weighted by molar-refractivity contribution is 6.31. The van der Waals surface area contributed by atoms with Gasteiger partial charge in [0.15, 0.2) is 5.69 Å². The van der Waals surface area contributed by atoms with E-state index in [0.29, 0.717) is 10.7 Å². The number of nitrogens with zero attached hydrogens (tertiary/aromatic N) is 3. The SMILES string of the molecule is CCCCCC(CCC)NC(=O)C1(C)Cn2nc(C(=O)OCC)cc2C(=O)N1c1cccc(Cl)c1. The van der Waals surface area contributed by atoms with E-state index in [1.54, 1.807) is 38.1 Å². The van der Waals surface area contributed by atoms with Crippen LogP contribution in [-0.4, -0.2) is 45.8 Å². The molecule has 9 heteroatoms. The molecule has 2 heterocycles. The Kier molecular flexibility index (Phi) is 8.94. The van der Waals surface area contributed by atoms with E-state index < -0.39 is 17.4 Å². The van der Waals surface area contributed by atoms with Crippen molar-refractivity contribution in [2.24, 2.45) is 0 Å². The van der Waals surface area contributed by atoms with Crippen molar-refractivity contribution in [1.82, 2.24) is 15.1 Å². The average Bonchev–Trinajstić information content (AvgIpc) is 3.24. The van der Waals surface area contributed by atoms with Gasteiger partial charge >= 0.3 is 5.97 Å². The fraction of sp³-hybridized carbons (Fsp3) is 0.538. The molecule has 0 saturated heterocycles. The number of benzene rings is 1. The lowest BCUT2D eigenvalue weighted by molar-refractivity contribution is -0.127. The van der Waals surface area contributed by atoms with E-state index in [0.717, 1.165) is 38.5 Å². The molecule has 0 saturated carbocycles. The number of nitrogens with one attached hydrogen (secondary N) is 1. The Morgan fingerprint density at radius 3 is 2.60 bits per heavy atom. The van der Waals surface area contributed by atoms with E-state index in [-0.39, 0.29) is 36.5 Å². The second kappa shape index (κ2) is 11.7. The topological polar surface area (TPSA) is 93.5 Å². The monoisotopic (exact) mass is 502 g/mol. The number of unbranched alkanes of at least 4 members (excludes halogenated alkanes) is 2. The Morgan fingerprint density at radius 2 is 1.94 bits per heavy atom. The summed E-state index contributed by atoms with van der Waals surface area (Å²) >= 11 is 6.24. The first-order chi connectivity index (χ1) is 16.7. The van der Waals surface area contributed by atoms with Gasteiger partial charge < -0.3 is 10.1 Å². The number of esters is 1. The summed E-state index contributed by atoms with van der Waals surface area (Å²) in [5.41, 5.74) is -0.535. The van der Waals surface area contributed by atoms with Crippen LogP contribution in [0.4, 0.5) is 5.69 Å². The molecule has 0 aliphatic carbocycles. The molecule has 35 heavy (non-hydrogen) atoms. The van der Waals surface area contributed by atoms with Gasteiger partial charge in [-0.25, -0.2) is 4.79 Å². The minimum Gasteiger partial charge on any atom is -0.461 e. The molecule has 1 aromatic heterocycles. The van der Waals surface area contributed by atoms with Gasteiger partial charge in [-0.3, -0.25) is 19.2 Å². The Balaban J connectivity index is 2.01. The molecule has 2 amide bonds. The Morgan fingerprint density at radius 1 is 1.17 bits per heavy atom. The van der Waals surface area contributed by atoms with Crippen LogP contribution in [0.2, 0.25) is 5.02 Å². The molecular weight excluding hydrogens is 468 g/mol. The van der Waals surface area contributed by atoms with Crippen molar-refractivity contribution >= 4 is 35.1 Å². The molecule has 2 aromatic rings. The molecule has 1 N–H and O–H groups in total. The van der Waals surface area contributed by atoms with Gasteiger partial charge in [-0.05, 0) is 44.9 Å². The number of hydrogen-bond donors (Lipinski definition) is 1. The number of anilines is 1. The number of fused-ring (bicyclic) bond motifs is 1. The summed E-state index contributed by atoms with van der Waals surface area (Å²) in [6.45, 7) is 7.95. The number of aromatic nitrogens is 2. The average molecular weight is 503 g/mol. The quantitative estimate of drug-likeness (QED) is 0.345. The van der Waals surface area contributed by atoms with E-state index in [1.807, 2.05) is 0 Å². The molecule has 0 fully saturated rings. The summed E-state index contributed by atoms with van der Waals surface area (Å²) in [7, 11) is 0. The molecule has 1 aliphatic rings. The maximum absolute atomic E-state index is 13.8. The van der Waals surface area contributed by atoms with E-state index in [1.165, 1.54) is 15.6 Å². The van der Waals surface area contributed by atoms with Crippen LogP contribution in [0.3, 0.4) is 0 Å². The van der Waals surface area contributed by atoms with Crippen LogP contribution in [-0.2, 0) is 16.1 Å². The highest BCUT2D eigenvalue weighted by atomic mass is 35.5. The van der Waals surface area contributed by atoms with Crippen LogP contribution in [0, 0.1) is 0 Å². The first kappa shape index (κ1) is 26.7. The molecule has 2 atom stereocenters. The summed E-state index contributed by atoms with van der Waals surface area (Å²) in [5.74, 6) is -1.31. The van der Waals surface area contributed by atoms with Crippen molar-refractivity contribution in [1.29, 1.82) is 0 Å². The summed E-state index contributed by atoms with van der Waals surface area (Å²) in [6.07, 6.45) is 5.92. The standard InChI is InChI=1S/C26H35ClN4O4/c1-5-8-9-13-19(11-6-2)28-25(34)26(4)17-30-22(16-21(29-30)24(33)35-7-3)23(32)31(26)20-14-10-12-18(27)15-20/h10,12,14-16,19H,5-9,11,13,17H2,1-4H3,(H,28,34). The molecule has 1 aromatic carbocycles. The zero-order valence-corrected chi connectivity index (χ0v) is 21.7. The fourth-order valence-corrected chi connectivity index (χ4v) is 4.71. The van der Waals surface area contributed by atoms with Gasteiger partial charge in [0.05, 0.1) is 13.2 Å². The zero-order valence-electron chi connectivity index (χ0n) is 21.0. The Bertz CT molecular complexity index is 1070. The molecule has 0 bridgehead atoms. The van der Waals surface area contributed by atoms with Gasteiger partial charge in [0.2, 0.25) is 5.91 Å². The van der Waals surface area contributed by atoms with Gasteiger partial charge in [0, 0.05) is 22.8 Å². The lowest BCUT2D eigenvalue weighted by Gasteiger charge is -2.43. The molecule has 3 rings (SSSR count). The second-order valence-electron chi connectivity index (χ2n) is 9.14. The van der Waals surface area contributed by atoms with Crippen LogP contribution in [0.1, 0.15) is 87.2 Å². The van der Waals surface area contributed by atoms with Crippen molar-refractivity contribution in [2.75, 3.05) is 11.5 Å². The van der Waals surface area contributed by atoms with E-state index in [2.05, 4.69) is 24.3 Å². The fourth-order valence-electron chi connectivity index (χ4n) is 4.52. The van der Waals surface area contributed by atoms with Crippen LogP contribution in [0.15, 0.2) is 30.3 Å². The maximum atomic E-state index is 13.8. The first-order valence-corrected chi connectivity index (χ1v) is 12.8. The number of ether oxygens (including phenoxy) is 1. The third-order valence-corrected chi connectivity index (χ3v) is 6.56. The highest BCUT2D eigenvalue weighted by Crippen LogP contribution is 2.34. The molecule has 0 radical (unpaired) electrons. The number of halogens is 1. The van der Waals surface area contributed by atoms with Crippen LogP contribution in [0.25, 0.3) is 0 Å². The molecule has 8 nitrogen and oxygen atoms in total. The maximum Gasteiger partial charge on any atom is 0.358 e. The summed E-state index contributed by atoms with van der Waals surface area (Å²) in [6, 6.07) is 8.29. The predicted molar refractivity (Wildman–Crippen MR) is 136 cm³/mol. The molecule has 1 aliphatic heterocycles. The predicted octanol–water partition coefficient (Wildman–Crippen LogP) is 5.00. The smallest absolute Gasteiger partial charge is 0.358 e. The van der Waals surface area contributed by atoms with E-state index in [4.69, 9.17) is 16.3 Å². The van der Waals surface area contributed by atoms with Crippen LogP contribution >= 0.6 is 11.6 Å². The molecule has 2 unspecified atom stereocenters. The molecule has 190 valence electrons. The number of hydrogen-bond acceptors (Lipinski definition) is 5. The van der Waals surface area contributed by atoms with Crippen molar-refractivity contribution in [3.05, 3.63) is 46.7 Å². The van der Waals surface area contributed by atoms with Gasteiger partial charge in [-0.15, -0.1) is 0 Å². The van der Waals surface area contributed by atoms with Crippen LogP contribution < -0.4 is 10.2 Å². The second-order valence-corrected chi connectivity index (χ2v) is 9.58. The number of amides is 2. The lowest BCUT2D eigenvalue weighted by atomic mass is 9.92. The minimum absolute atomic E-state index is 0.0151. The van der Waals surface area contributed by atoms with Crippen molar-refractivity contribution in [3.8, 4) is 0 Å². The van der Waals surface area contributed by atoms with Crippen molar-refractivity contribution < 1.29 is 19.1 Å². The largest absolute Gasteiger partial charge is 0.461 e. The molecular formula is C26H35ClN4O4. The van der Waals surface area contributed by atoms with E-state index in [9.17, 15) is 14.4 Å². The van der Waals surface area contributed by atoms with E-state index >= 15 is 0 Å². The van der Waals surface area contributed by atoms with Crippen LogP contribution in [0.5, 0.6) is 0 Å². The Labute approximate surface area is 212 Å². The van der Waals surface area contributed by atoms with Gasteiger partial charge in [0.1, 0.15) is 11.2 Å². The minimum atomic E-state index is -1.29. The third kappa shape index (κ3) is 5.86. The zero-order chi connectivity index (χ0) is 25.6. The molecule has 0 spiro atoms. The number of carbonyl (C=O) groups is 3. The highest BCUT2D eigenvalue weighted by Gasteiger charge is 2.49. The normalized spacial score (nSPS) is 18.2. The number of rotatable bonds is 11. The number of carbonyl (C=O) groups excluding carboxylic acids is 3.